The number of aryl methyl sites for hydroxylation is 2. The highest BCUT2D eigenvalue weighted by Gasteiger charge is 2.16. The fraction of sp³-hybridized carbons (Fsp3) is 0.286. The quantitative estimate of drug-likeness (QED) is 0.927. The summed E-state index contributed by atoms with van der Waals surface area (Å²) in [4.78, 5) is 5.83. The van der Waals surface area contributed by atoms with E-state index < -0.39 is 0 Å². The number of nitriles is 1. The lowest BCUT2D eigenvalue weighted by Crippen LogP contribution is -2.04. The molecule has 1 N–H and O–H groups in total. The van der Waals surface area contributed by atoms with Gasteiger partial charge in [0.15, 0.2) is 0 Å². The van der Waals surface area contributed by atoms with Crippen molar-refractivity contribution < 1.29 is 0 Å². The number of halogens is 1. The molecule has 3 rings (SSSR count). The summed E-state index contributed by atoms with van der Waals surface area (Å²) in [7, 11) is 0. The molecule has 0 unspecified atom stereocenters. The van der Waals surface area contributed by atoms with Gasteiger partial charge in [-0.1, -0.05) is 0 Å². The minimum absolute atomic E-state index is 0.649. The van der Waals surface area contributed by atoms with Gasteiger partial charge in [-0.2, -0.15) is 5.26 Å². The van der Waals surface area contributed by atoms with E-state index in [2.05, 4.69) is 38.4 Å². The van der Waals surface area contributed by atoms with Crippen LogP contribution in [0.25, 0.3) is 0 Å². The number of hydrogen-bond acceptors (Lipinski definition) is 4. The zero-order valence-corrected chi connectivity index (χ0v) is 12.6. The number of nitrogens with one attached hydrogen (secondary N) is 1. The van der Waals surface area contributed by atoms with Crippen LogP contribution in [0.5, 0.6) is 0 Å². The Morgan fingerprint density at radius 1 is 1.42 bits per heavy atom. The maximum atomic E-state index is 9.22. The molecule has 1 aliphatic carbocycles. The van der Waals surface area contributed by atoms with Crippen LogP contribution in [0.15, 0.2) is 22.0 Å². The van der Waals surface area contributed by atoms with Crippen LogP contribution in [0, 0.1) is 11.3 Å². The molecule has 19 heavy (non-hydrogen) atoms. The van der Waals surface area contributed by atoms with Crippen LogP contribution < -0.4 is 5.32 Å². The van der Waals surface area contributed by atoms with E-state index in [1.807, 2.05) is 12.1 Å². The first-order valence-electron chi connectivity index (χ1n) is 6.17. The van der Waals surface area contributed by atoms with Gasteiger partial charge in [0, 0.05) is 10.6 Å². The Balaban J connectivity index is 1.82. The van der Waals surface area contributed by atoms with Gasteiger partial charge in [-0.05, 0) is 59.0 Å². The molecular formula is C14H12BrN3S. The Hall–Kier alpha value is -1.38. The molecule has 0 aliphatic heterocycles. The van der Waals surface area contributed by atoms with E-state index in [0.717, 1.165) is 28.7 Å². The first kappa shape index (κ1) is 12.6. The summed E-state index contributed by atoms with van der Waals surface area (Å²) in [5.74, 6) is 0.715. The van der Waals surface area contributed by atoms with Gasteiger partial charge in [-0.15, -0.1) is 11.3 Å². The van der Waals surface area contributed by atoms with Crippen molar-refractivity contribution in [3.05, 3.63) is 43.7 Å². The fourth-order valence-corrected chi connectivity index (χ4v) is 3.73. The lowest BCUT2D eigenvalue weighted by atomic mass is 10.1. The molecule has 0 aromatic carbocycles. The number of pyridine rings is 1. The first-order valence-corrected chi connectivity index (χ1v) is 7.78. The lowest BCUT2D eigenvalue weighted by molar-refractivity contribution is 0.899. The summed E-state index contributed by atoms with van der Waals surface area (Å²) < 4.78 is 1.12. The molecule has 0 saturated heterocycles. The van der Waals surface area contributed by atoms with Gasteiger partial charge in [0.25, 0.3) is 0 Å². The summed E-state index contributed by atoms with van der Waals surface area (Å²) in [5, 5.41) is 12.5. The van der Waals surface area contributed by atoms with Crippen molar-refractivity contribution in [2.75, 3.05) is 5.32 Å². The van der Waals surface area contributed by atoms with E-state index in [9.17, 15) is 5.26 Å². The number of hydrogen-bond donors (Lipinski definition) is 1. The van der Waals surface area contributed by atoms with Gasteiger partial charge in [0.1, 0.15) is 11.9 Å². The number of fused-ring (bicyclic) bond motifs is 1. The topological polar surface area (TPSA) is 48.7 Å². The van der Waals surface area contributed by atoms with Crippen molar-refractivity contribution in [1.29, 1.82) is 5.26 Å². The number of rotatable bonds is 3. The van der Waals surface area contributed by atoms with Gasteiger partial charge in [0.05, 0.1) is 15.9 Å². The largest absolute Gasteiger partial charge is 0.364 e. The summed E-state index contributed by atoms with van der Waals surface area (Å²) in [5.41, 5.74) is 3.03. The summed E-state index contributed by atoms with van der Waals surface area (Å²) in [6.07, 6.45) is 3.23. The number of anilines is 1. The second kappa shape index (κ2) is 5.32. The molecule has 5 heteroatoms. The highest BCUT2D eigenvalue weighted by molar-refractivity contribution is 9.11. The molecule has 3 nitrogen and oxygen atoms in total. The predicted octanol–water partition coefficient (Wildman–Crippen LogP) is 3.88. The molecule has 2 aromatic rings. The van der Waals surface area contributed by atoms with Gasteiger partial charge in [-0.3, -0.25) is 0 Å². The van der Waals surface area contributed by atoms with Crippen LogP contribution in [0.1, 0.15) is 28.1 Å². The minimum atomic E-state index is 0.649. The van der Waals surface area contributed by atoms with Crippen molar-refractivity contribution in [1.82, 2.24) is 4.98 Å². The van der Waals surface area contributed by atoms with Crippen LogP contribution in [0.2, 0.25) is 0 Å². The fourth-order valence-electron chi connectivity index (χ4n) is 2.31. The predicted molar refractivity (Wildman–Crippen MR) is 80.3 cm³/mol. The van der Waals surface area contributed by atoms with E-state index in [0.29, 0.717) is 17.9 Å². The van der Waals surface area contributed by atoms with E-state index in [1.165, 1.54) is 10.4 Å². The summed E-state index contributed by atoms with van der Waals surface area (Å²) >= 11 is 5.14. The van der Waals surface area contributed by atoms with Crippen molar-refractivity contribution in [2.24, 2.45) is 0 Å². The molecule has 2 aromatic heterocycles. The highest BCUT2D eigenvalue weighted by Crippen LogP contribution is 2.26. The third-order valence-electron chi connectivity index (χ3n) is 3.23. The number of nitrogens with zero attached hydrogens (tertiary/aromatic N) is 2. The van der Waals surface area contributed by atoms with E-state index >= 15 is 0 Å². The molecule has 96 valence electrons. The van der Waals surface area contributed by atoms with Crippen LogP contribution in [0.3, 0.4) is 0 Å². The molecule has 0 radical (unpaired) electrons. The molecule has 0 fully saturated rings. The Labute approximate surface area is 124 Å². The van der Waals surface area contributed by atoms with Crippen LogP contribution in [0.4, 0.5) is 5.82 Å². The monoisotopic (exact) mass is 333 g/mol. The molecule has 2 heterocycles. The molecular weight excluding hydrogens is 322 g/mol. The second-order valence-corrected chi connectivity index (χ2v) is 7.06. The van der Waals surface area contributed by atoms with Gasteiger partial charge in [0.2, 0.25) is 0 Å². The Morgan fingerprint density at radius 2 is 2.32 bits per heavy atom. The first-order chi connectivity index (χ1) is 9.26. The third kappa shape index (κ3) is 2.65. The standard InChI is InChI=1S/C14H12BrN3S/c15-13-5-4-11(19-13)8-17-14-10(7-16)6-9-2-1-3-12(9)18-14/h4-6H,1-3,8H2,(H,17,18). The maximum Gasteiger partial charge on any atom is 0.144 e. The summed E-state index contributed by atoms with van der Waals surface area (Å²) in [6, 6.07) is 8.33. The van der Waals surface area contributed by atoms with Gasteiger partial charge >= 0.3 is 0 Å². The van der Waals surface area contributed by atoms with Crippen molar-refractivity contribution in [3.8, 4) is 6.07 Å². The van der Waals surface area contributed by atoms with E-state index in [4.69, 9.17) is 0 Å². The molecule has 0 spiro atoms. The highest BCUT2D eigenvalue weighted by atomic mass is 79.9. The normalized spacial score (nSPS) is 13.1. The van der Waals surface area contributed by atoms with Crippen LogP contribution in [-0.2, 0) is 19.4 Å². The van der Waals surface area contributed by atoms with Crippen LogP contribution >= 0.6 is 27.3 Å². The van der Waals surface area contributed by atoms with Gasteiger partial charge < -0.3 is 5.32 Å². The zero-order valence-electron chi connectivity index (χ0n) is 10.2. The smallest absolute Gasteiger partial charge is 0.144 e. The third-order valence-corrected chi connectivity index (χ3v) is 4.85. The molecule has 0 bridgehead atoms. The van der Waals surface area contributed by atoms with Crippen LogP contribution in [-0.4, -0.2) is 4.98 Å². The van der Waals surface area contributed by atoms with E-state index in [-0.39, 0.29) is 0 Å². The van der Waals surface area contributed by atoms with Crippen molar-refractivity contribution >= 4 is 33.1 Å². The molecule has 1 aliphatic rings. The van der Waals surface area contributed by atoms with Gasteiger partial charge in [-0.25, -0.2) is 4.98 Å². The maximum absolute atomic E-state index is 9.22. The van der Waals surface area contributed by atoms with Crippen molar-refractivity contribution in [2.45, 2.75) is 25.8 Å². The minimum Gasteiger partial charge on any atom is -0.364 e. The Kier molecular flexibility index (Phi) is 3.54. The summed E-state index contributed by atoms with van der Waals surface area (Å²) in [6.45, 7) is 0.705. The Bertz CT molecular complexity index is 657. The lowest BCUT2D eigenvalue weighted by Gasteiger charge is -2.08. The average molecular weight is 334 g/mol. The SMILES string of the molecule is N#Cc1cc2c(nc1NCc1ccc(Br)s1)CCC2. The Morgan fingerprint density at radius 3 is 3.05 bits per heavy atom. The zero-order chi connectivity index (χ0) is 13.2. The van der Waals surface area contributed by atoms with Crippen molar-refractivity contribution in [3.63, 3.8) is 0 Å². The van der Waals surface area contributed by atoms with E-state index in [1.54, 1.807) is 11.3 Å². The average Bonchev–Trinajstić information content (AvgIpc) is 3.03. The number of thiophene rings is 1. The molecule has 0 saturated carbocycles. The number of aromatic nitrogens is 1. The molecule has 0 atom stereocenters. The second-order valence-electron chi connectivity index (χ2n) is 4.52. The molecule has 0 amide bonds.